The molecule has 3 rings (SSSR count). The van der Waals surface area contributed by atoms with Gasteiger partial charge in [0.2, 0.25) is 0 Å². The van der Waals surface area contributed by atoms with Gasteiger partial charge in [0.15, 0.2) is 0 Å². The van der Waals surface area contributed by atoms with Gasteiger partial charge in [0.05, 0.1) is 0 Å². The van der Waals surface area contributed by atoms with E-state index in [4.69, 9.17) is 0 Å². The van der Waals surface area contributed by atoms with Crippen molar-refractivity contribution >= 4 is 11.8 Å². The van der Waals surface area contributed by atoms with Gasteiger partial charge < -0.3 is 5.32 Å². The monoisotopic (exact) mass is 301 g/mol. The third-order valence-electron chi connectivity index (χ3n) is 4.03. The molecule has 0 saturated carbocycles. The molecule has 1 aliphatic rings. The fraction of sp³-hybridized carbons (Fsp3) is 0.333. The number of hydrogen-bond donors (Lipinski definition) is 1. The lowest BCUT2D eigenvalue weighted by atomic mass is 9.89. The zero-order chi connectivity index (χ0) is 14.7. The van der Waals surface area contributed by atoms with E-state index in [0.29, 0.717) is 12.0 Å². The van der Waals surface area contributed by atoms with Crippen LogP contribution in [0.4, 0.5) is 4.39 Å². The minimum absolute atomic E-state index is 0.149. The number of hydrogen-bond acceptors (Lipinski definition) is 2. The van der Waals surface area contributed by atoms with Crippen LogP contribution in [0.5, 0.6) is 0 Å². The Bertz CT molecular complexity index is 614. The van der Waals surface area contributed by atoms with Gasteiger partial charge in [-0.05, 0) is 42.3 Å². The van der Waals surface area contributed by atoms with Crippen molar-refractivity contribution in [3.8, 4) is 0 Å². The molecule has 0 amide bonds. The molecule has 110 valence electrons. The molecular weight excluding hydrogens is 281 g/mol. The van der Waals surface area contributed by atoms with Gasteiger partial charge in [0, 0.05) is 22.6 Å². The van der Waals surface area contributed by atoms with E-state index in [0.717, 1.165) is 24.3 Å². The zero-order valence-electron chi connectivity index (χ0n) is 12.2. The Morgan fingerprint density at radius 1 is 1.24 bits per heavy atom. The highest BCUT2D eigenvalue weighted by Gasteiger charge is 2.29. The fourth-order valence-electron chi connectivity index (χ4n) is 3.06. The number of halogens is 1. The van der Waals surface area contributed by atoms with Crippen molar-refractivity contribution in [2.45, 2.75) is 30.2 Å². The first-order valence-electron chi connectivity index (χ1n) is 7.47. The van der Waals surface area contributed by atoms with E-state index in [1.54, 1.807) is 12.1 Å². The number of benzene rings is 2. The average Bonchev–Trinajstić information content (AvgIpc) is 2.91. The average molecular weight is 301 g/mol. The summed E-state index contributed by atoms with van der Waals surface area (Å²) in [6.07, 6.45) is 0.866. The largest absolute Gasteiger partial charge is 0.313 e. The van der Waals surface area contributed by atoms with Crippen LogP contribution in [-0.2, 0) is 6.42 Å². The quantitative estimate of drug-likeness (QED) is 0.886. The van der Waals surface area contributed by atoms with Crippen molar-refractivity contribution in [1.29, 1.82) is 0 Å². The predicted molar refractivity (Wildman–Crippen MR) is 87.5 cm³/mol. The van der Waals surface area contributed by atoms with E-state index < -0.39 is 0 Å². The first kappa shape index (κ1) is 14.6. The normalized spacial score (nSPS) is 18.5. The molecule has 0 aromatic heterocycles. The number of likely N-dealkylation sites (N-methyl/N-ethyl adjacent to an activating group) is 1. The fourth-order valence-corrected chi connectivity index (χ4v) is 4.39. The Labute approximate surface area is 130 Å². The molecule has 0 spiro atoms. The lowest BCUT2D eigenvalue weighted by Crippen LogP contribution is -2.37. The van der Waals surface area contributed by atoms with E-state index >= 15 is 0 Å². The summed E-state index contributed by atoms with van der Waals surface area (Å²) in [5.41, 5.74) is 2.50. The van der Waals surface area contributed by atoms with Crippen molar-refractivity contribution < 1.29 is 4.39 Å². The lowest BCUT2D eigenvalue weighted by molar-refractivity contribution is 0.462. The summed E-state index contributed by atoms with van der Waals surface area (Å²) in [5, 5.41) is 3.60. The Kier molecular flexibility index (Phi) is 4.61. The number of rotatable bonds is 5. The summed E-state index contributed by atoms with van der Waals surface area (Å²) in [5.74, 6) is 1.45. The van der Waals surface area contributed by atoms with E-state index in [-0.39, 0.29) is 5.82 Å². The molecule has 1 aliphatic heterocycles. The van der Waals surface area contributed by atoms with Crippen molar-refractivity contribution in [3.63, 3.8) is 0 Å². The molecule has 0 aliphatic carbocycles. The van der Waals surface area contributed by atoms with Gasteiger partial charge in [-0.25, -0.2) is 4.39 Å². The van der Waals surface area contributed by atoms with Crippen LogP contribution in [0.3, 0.4) is 0 Å². The van der Waals surface area contributed by atoms with Crippen molar-refractivity contribution in [2.75, 3.05) is 12.3 Å². The Balaban J connectivity index is 1.82. The highest BCUT2D eigenvalue weighted by molar-refractivity contribution is 7.99. The van der Waals surface area contributed by atoms with E-state index in [1.807, 2.05) is 17.8 Å². The van der Waals surface area contributed by atoms with E-state index in [9.17, 15) is 4.39 Å². The molecule has 0 radical (unpaired) electrons. The topological polar surface area (TPSA) is 12.0 Å². The molecule has 1 N–H and O–H groups in total. The molecule has 2 atom stereocenters. The second-order valence-electron chi connectivity index (χ2n) is 5.45. The van der Waals surface area contributed by atoms with Crippen LogP contribution in [0, 0.1) is 5.82 Å². The molecule has 3 heteroatoms. The van der Waals surface area contributed by atoms with Gasteiger partial charge in [0.1, 0.15) is 5.82 Å². The van der Waals surface area contributed by atoms with Crippen LogP contribution in [-0.4, -0.2) is 18.3 Å². The number of fused-ring (bicyclic) bond motifs is 1. The summed E-state index contributed by atoms with van der Waals surface area (Å²) < 4.78 is 13.4. The molecule has 0 fully saturated rings. The van der Waals surface area contributed by atoms with E-state index in [2.05, 4.69) is 36.5 Å². The van der Waals surface area contributed by atoms with Crippen molar-refractivity contribution in [1.82, 2.24) is 5.32 Å². The van der Waals surface area contributed by atoms with Crippen LogP contribution in [0.25, 0.3) is 0 Å². The minimum atomic E-state index is -0.149. The van der Waals surface area contributed by atoms with Gasteiger partial charge in [0.25, 0.3) is 0 Å². The third-order valence-corrected chi connectivity index (χ3v) is 5.24. The smallest absolute Gasteiger partial charge is 0.123 e. The maximum absolute atomic E-state index is 13.4. The van der Waals surface area contributed by atoms with Gasteiger partial charge in [-0.3, -0.25) is 0 Å². The van der Waals surface area contributed by atoms with Crippen LogP contribution in [0.2, 0.25) is 0 Å². The highest BCUT2D eigenvalue weighted by atomic mass is 32.2. The lowest BCUT2D eigenvalue weighted by Gasteiger charge is -2.25. The Hall–Kier alpha value is -1.32. The SMILES string of the molecule is CCNC(Cc1cccc(F)c1)C1CSc2ccccc21. The van der Waals surface area contributed by atoms with Crippen LogP contribution < -0.4 is 5.32 Å². The highest BCUT2D eigenvalue weighted by Crippen LogP contribution is 2.41. The Morgan fingerprint density at radius 2 is 2.10 bits per heavy atom. The predicted octanol–water partition coefficient (Wildman–Crippen LogP) is 4.24. The standard InChI is InChI=1S/C18H20FNS/c1-2-20-17(11-13-6-5-7-14(19)10-13)16-12-21-18-9-4-3-8-15(16)18/h3-10,16-17,20H,2,11-12H2,1H3. The van der Waals surface area contributed by atoms with Gasteiger partial charge in [-0.15, -0.1) is 11.8 Å². The zero-order valence-corrected chi connectivity index (χ0v) is 13.0. The summed E-state index contributed by atoms with van der Waals surface area (Å²) in [7, 11) is 0. The van der Waals surface area contributed by atoms with Crippen LogP contribution >= 0.6 is 11.8 Å². The second-order valence-corrected chi connectivity index (χ2v) is 6.52. The van der Waals surface area contributed by atoms with Gasteiger partial charge in [-0.2, -0.15) is 0 Å². The van der Waals surface area contributed by atoms with Crippen LogP contribution in [0.1, 0.15) is 24.0 Å². The third kappa shape index (κ3) is 3.30. The van der Waals surface area contributed by atoms with Gasteiger partial charge >= 0.3 is 0 Å². The summed E-state index contributed by atoms with van der Waals surface area (Å²) in [6, 6.07) is 16.0. The van der Waals surface area contributed by atoms with E-state index in [1.165, 1.54) is 16.5 Å². The first-order chi connectivity index (χ1) is 10.3. The van der Waals surface area contributed by atoms with Crippen LogP contribution in [0.15, 0.2) is 53.4 Å². The van der Waals surface area contributed by atoms with Crippen molar-refractivity contribution in [2.24, 2.45) is 0 Å². The molecule has 0 bridgehead atoms. The molecule has 1 nitrogen and oxygen atoms in total. The number of nitrogens with one attached hydrogen (secondary N) is 1. The molecule has 2 aromatic rings. The summed E-state index contributed by atoms with van der Waals surface area (Å²) >= 11 is 1.93. The molecule has 2 aromatic carbocycles. The summed E-state index contributed by atoms with van der Waals surface area (Å²) in [6.45, 7) is 3.07. The molecule has 21 heavy (non-hydrogen) atoms. The maximum atomic E-state index is 13.4. The first-order valence-corrected chi connectivity index (χ1v) is 8.46. The maximum Gasteiger partial charge on any atom is 0.123 e. The van der Waals surface area contributed by atoms with Gasteiger partial charge in [-0.1, -0.05) is 37.3 Å². The molecule has 1 heterocycles. The second kappa shape index (κ2) is 6.63. The molecular formula is C18H20FNS. The number of thioether (sulfide) groups is 1. The summed E-state index contributed by atoms with van der Waals surface area (Å²) in [4.78, 5) is 1.39. The minimum Gasteiger partial charge on any atom is -0.313 e. The van der Waals surface area contributed by atoms with Crippen molar-refractivity contribution in [3.05, 3.63) is 65.5 Å². The Morgan fingerprint density at radius 3 is 2.90 bits per heavy atom. The molecule has 0 saturated heterocycles. The molecule has 2 unspecified atom stereocenters.